The van der Waals surface area contributed by atoms with Crippen LogP contribution in [-0.2, 0) is 34.2 Å². The summed E-state index contributed by atoms with van der Waals surface area (Å²) in [6, 6.07) is 12.7. The number of fused-ring (bicyclic) bond motifs is 1. The number of amides is 1. The zero-order chi connectivity index (χ0) is 19.4. The first-order chi connectivity index (χ1) is 12.9. The van der Waals surface area contributed by atoms with Crippen LogP contribution in [-0.4, -0.2) is 39.4 Å². The van der Waals surface area contributed by atoms with Crippen molar-refractivity contribution in [1.29, 1.82) is 0 Å². The maximum absolute atomic E-state index is 12.7. The summed E-state index contributed by atoms with van der Waals surface area (Å²) in [7, 11) is -2.10. The number of hydrogen-bond acceptors (Lipinski definition) is 4. The lowest BCUT2D eigenvalue weighted by Crippen LogP contribution is -2.37. The Morgan fingerprint density at radius 1 is 1.15 bits per heavy atom. The number of benzene rings is 2. The van der Waals surface area contributed by atoms with Crippen molar-refractivity contribution in [2.45, 2.75) is 31.2 Å². The Bertz CT molecular complexity index is 923. The third kappa shape index (κ3) is 4.48. The van der Waals surface area contributed by atoms with E-state index in [1.807, 2.05) is 37.3 Å². The molecule has 3 rings (SSSR count). The molecule has 1 aliphatic heterocycles. The Balaban J connectivity index is 1.71. The lowest BCUT2D eigenvalue weighted by Gasteiger charge is -2.29. The third-order valence-corrected chi connectivity index (χ3v) is 6.12. The van der Waals surface area contributed by atoms with Crippen molar-refractivity contribution in [1.82, 2.24) is 9.62 Å². The van der Waals surface area contributed by atoms with Crippen LogP contribution in [0.4, 0.5) is 0 Å². The van der Waals surface area contributed by atoms with Crippen LogP contribution in [0.15, 0.2) is 47.4 Å². The molecular weight excluding hydrogens is 364 g/mol. The SMILES string of the molecule is CCOc1ccc(CC(=O)N2CCc3ccc(S(=O)(=O)NC)cc3C2)cc1. The van der Waals surface area contributed by atoms with Gasteiger partial charge in [-0.2, -0.15) is 0 Å². The van der Waals surface area contributed by atoms with E-state index in [2.05, 4.69) is 4.72 Å². The van der Waals surface area contributed by atoms with E-state index in [0.29, 0.717) is 26.1 Å². The second-order valence-electron chi connectivity index (χ2n) is 6.46. The molecule has 0 atom stereocenters. The van der Waals surface area contributed by atoms with Crippen molar-refractivity contribution in [3.63, 3.8) is 0 Å². The Labute approximate surface area is 160 Å². The Morgan fingerprint density at radius 3 is 2.56 bits per heavy atom. The summed E-state index contributed by atoms with van der Waals surface area (Å²) in [5, 5.41) is 0. The molecule has 1 amide bonds. The molecule has 0 spiro atoms. The quantitative estimate of drug-likeness (QED) is 0.823. The monoisotopic (exact) mass is 388 g/mol. The molecule has 27 heavy (non-hydrogen) atoms. The van der Waals surface area contributed by atoms with Crippen molar-refractivity contribution in [2.75, 3.05) is 20.2 Å². The molecule has 0 fully saturated rings. The number of rotatable bonds is 6. The Hall–Kier alpha value is -2.38. The molecular formula is C20H24N2O4S. The summed E-state index contributed by atoms with van der Waals surface area (Å²) in [5.74, 6) is 0.825. The molecule has 0 saturated heterocycles. The Morgan fingerprint density at radius 2 is 1.89 bits per heavy atom. The topological polar surface area (TPSA) is 75.7 Å². The largest absolute Gasteiger partial charge is 0.494 e. The minimum atomic E-state index is -3.49. The molecule has 0 aromatic heterocycles. The van der Waals surface area contributed by atoms with Gasteiger partial charge in [0, 0.05) is 13.1 Å². The number of nitrogens with one attached hydrogen (secondary N) is 1. The molecule has 7 heteroatoms. The third-order valence-electron chi connectivity index (χ3n) is 4.71. The number of ether oxygens (including phenoxy) is 1. The number of hydrogen-bond donors (Lipinski definition) is 1. The molecule has 2 aromatic rings. The predicted molar refractivity (Wildman–Crippen MR) is 103 cm³/mol. The van der Waals surface area contributed by atoms with Gasteiger partial charge < -0.3 is 9.64 Å². The average Bonchev–Trinajstić information content (AvgIpc) is 2.68. The van der Waals surface area contributed by atoms with E-state index < -0.39 is 10.0 Å². The van der Waals surface area contributed by atoms with E-state index in [1.54, 1.807) is 17.0 Å². The standard InChI is InChI=1S/C20H24N2O4S/c1-3-26-18-7-4-15(5-8-18)12-20(23)22-11-10-16-6-9-19(13-17(16)14-22)27(24,25)21-2/h4-9,13,21H,3,10-12,14H2,1-2H3. The lowest BCUT2D eigenvalue weighted by atomic mass is 9.99. The van der Waals surface area contributed by atoms with E-state index in [0.717, 1.165) is 28.9 Å². The molecule has 0 radical (unpaired) electrons. The van der Waals surface area contributed by atoms with Gasteiger partial charge in [0.1, 0.15) is 5.75 Å². The molecule has 144 valence electrons. The minimum Gasteiger partial charge on any atom is -0.494 e. The fraction of sp³-hybridized carbons (Fsp3) is 0.350. The highest BCUT2D eigenvalue weighted by Gasteiger charge is 2.23. The van der Waals surface area contributed by atoms with Crippen LogP contribution in [0.3, 0.4) is 0 Å². The van der Waals surface area contributed by atoms with Crippen molar-refractivity contribution in [3.05, 3.63) is 59.2 Å². The smallest absolute Gasteiger partial charge is 0.240 e. The highest BCUT2D eigenvalue weighted by molar-refractivity contribution is 7.89. The van der Waals surface area contributed by atoms with Crippen LogP contribution < -0.4 is 9.46 Å². The maximum Gasteiger partial charge on any atom is 0.240 e. The van der Waals surface area contributed by atoms with E-state index in [1.165, 1.54) is 7.05 Å². The van der Waals surface area contributed by atoms with Crippen molar-refractivity contribution < 1.29 is 17.9 Å². The second kappa shape index (κ2) is 8.10. The van der Waals surface area contributed by atoms with Crippen LogP contribution in [0.2, 0.25) is 0 Å². The van der Waals surface area contributed by atoms with Gasteiger partial charge in [0.2, 0.25) is 15.9 Å². The highest BCUT2D eigenvalue weighted by atomic mass is 32.2. The van der Waals surface area contributed by atoms with Gasteiger partial charge in [-0.25, -0.2) is 13.1 Å². The highest BCUT2D eigenvalue weighted by Crippen LogP contribution is 2.23. The summed E-state index contributed by atoms with van der Waals surface area (Å²) in [4.78, 5) is 14.7. The molecule has 0 saturated carbocycles. The zero-order valence-electron chi connectivity index (χ0n) is 15.6. The number of nitrogens with zero attached hydrogens (tertiary/aromatic N) is 1. The van der Waals surface area contributed by atoms with E-state index >= 15 is 0 Å². The predicted octanol–water partition coefficient (Wildman–Crippen LogP) is 2.12. The van der Waals surface area contributed by atoms with Gasteiger partial charge in [0.15, 0.2) is 0 Å². The average molecular weight is 388 g/mol. The fourth-order valence-corrected chi connectivity index (χ4v) is 3.97. The molecule has 1 N–H and O–H groups in total. The van der Waals surface area contributed by atoms with Crippen LogP contribution in [0.25, 0.3) is 0 Å². The molecule has 0 aliphatic carbocycles. The second-order valence-corrected chi connectivity index (χ2v) is 8.34. The molecule has 0 bridgehead atoms. The van der Waals surface area contributed by atoms with Crippen LogP contribution in [0.5, 0.6) is 5.75 Å². The summed E-state index contributed by atoms with van der Waals surface area (Å²) in [5.41, 5.74) is 2.91. The molecule has 2 aromatic carbocycles. The molecule has 1 aliphatic rings. The van der Waals surface area contributed by atoms with E-state index in [4.69, 9.17) is 4.74 Å². The summed E-state index contributed by atoms with van der Waals surface area (Å²) in [6.07, 6.45) is 1.04. The van der Waals surface area contributed by atoms with Gasteiger partial charge in [-0.1, -0.05) is 18.2 Å². The van der Waals surface area contributed by atoms with Crippen LogP contribution in [0.1, 0.15) is 23.6 Å². The Kier molecular flexibility index (Phi) is 5.82. The fourth-order valence-electron chi connectivity index (χ4n) is 3.19. The van der Waals surface area contributed by atoms with Gasteiger partial charge in [-0.3, -0.25) is 4.79 Å². The van der Waals surface area contributed by atoms with Gasteiger partial charge in [0.05, 0.1) is 17.9 Å². The maximum atomic E-state index is 12.7. The van der Waals surface area contributed by atoms with E-state index in [-0.39, 0.29) is 10.8 Å². The van der Waals surface area contributed by atoms with Crippen molar-refractivity contribution in [3.8, 4) is 5.75 Å². The van der Waals surface area contributed by atoms with Crippen molar-refractivity contribution >= 4 is 15.9 Å². The van der Waals surface area contributed by atoms with Crippen molar-refractivity contribution in [2.24, 2.45) is 0 Å². The van der Waals surface area contributed by atoms with Crippen LogP contribution >= 0.6 is 0 Å². The summed E-state index contributed by atoms with van der Waals surface area (Å²) in [6.45, 7) is 3.61. The summed E-state index contributed by atoms with van der Waals surface area (Å²) < 4.78 is 31.8. The number of sulfonamides is 1. The number of carbonyl (C=O) groups excluding carboxylic acids is 1. The van der Waals surface area contributed by atoms with Gasteiger partial charge in [-0.15, -0.1) is 0 Å². The molecule has 0 unspecified atom stereocenters. The zero-order valence-corrected chi connectivity index (χ0v) is 16.4. The van der Waals surface area contributed by atoms with Gasteiger partial charge >= 0.3 is 0 Å². The van der Waals surface area contributed by atoms with Gasteiger partial charge in [0.25, 0.3) is 0 Å². The normalized spacial score (nSPS) is 13.9. The summed E-state index contributed by atoms with van der Waals surface area (Å²) >= 11 is 0. The first-order valence-corrected chi connectivity index (χ1v) is 10.5. The number of carbonyl (C=O) groups is 1. The van der Waals surface area contributed by atoms with Crippen LogP contribution in [0, 0.1) is 0 Å². The lowest BCUT2D eigenvalue weighted by molar-refractivity contribution is -0.131. The van der Waals surface area contributed by atoms with E-state index in [9.17, 15) is 13.2 Å². The minimum absolute atomic E-state index is 0.0340. The molecule has 6 nitrogen and oxygen atoms in total. The first kappa shape index (κ1) is 19.4. The van der Waals surface area contributed by atoms with Gasteiger partial charge in [-0.05, 0) is 61.3 Å². The first-order valence-electron chi connectivity index (χ1n) is 8.98. The molecule has 1 heterocycles.